The molecule has 0 radical (unpaired) electrons. The number of hydrogen-bond acceptors (Lipinski definition) is 4. The molecule has 4 rings (SSSR count). The molecule has 1 unspecified atom stereocenters. The number of carbonyl (C=O) groups excluding carboxylic acids is 2. The number of hydrogen-bond donors (Lipinski definition) is 1. The van der Waals surface area contributed by atoms with E-state index in [0.29, 0.717) is 43.9 Å². The van der Waals surface area contributed by atoms with Crippen LogP contribution < -0.4 is 5.32 Å². The Hall–Kier alpha value is -3.33. The van der Waals surface area contributed by atoms with Crippen LogP contribution >= 0.6 is 0 Å². The molecule has 1 aliphatic heterocycles. The number of aryl methyl sites for hydroxylation is 1. The van der Waals surface area contributed by atoms with Gasteiger partial charge in [0.15, 0.2) is 0 Å². The summed E-state index contributed by atoms with van der Waals surface area (Å²) in [4.78, 5) is 30.3. The van der Waals surface area contributed by atoms with Gasteiger partial charge in [-0.25, -0.2) is 13.8 Å². The maximum atomic E-state index is 15.1. The molecule has 9 heteroatoms. The summed E-state index contributed by atoms with van der Waals surface area (Å²) in [6.07, 6.45) is 2.18. The predicted octanol–water partition coefficient (Wildman–Crippen LogP) is 3.13. The molecule has 33 heavy (non-hydrogen) atoms. The van der Waals surface area contributed by atoms with Gasteiger partial charge in [0.2, 0.25) is 5.91 Å². The number of imidazole rings is 1. The van der Waals surface area contributed by atoms with Crippen LogP contribution in [0.2, 0.25) is 0 Å². The molecule has 1 N–H and O–H groups in total. The molecule has 0 bridgehead atoms. The molecule has 1 atom stereocenters. The van der Waals surface area contributed by atoms with E-state index in [1.54, 1.807) is 9.30 Å². The molecule has 174 valence electrons. The van der Waals surface area contributed by atoms with Gasteiger partial charge in [0.1, 0.15) is 17.3 Å². The summed E-state index contributed by atoms with van der Waals surface area (Å²) < 4.78 is 37.9. The second-order valence-electron chi connectivity index (χ2n) is 8.12. The number of nitrogens with one attached hydrogen (secondary N) is 1. The topological polar surface area (TPSA) is 75.9 Å². The van der Waals surface area contributed by atoms with E-state index in [0.717, 1.165) is 17.7 Å². The van der Waals surface area contributed by atoms with Gasteiger partial charge in [0.05, 0.1) is 29.7 Å². The minimum atomic E-state index is -0.873. The lowest BCUT2D eigenvalue weighted by Crippen LogP contribution is -2.46. The Bertz CT molecular complexity index is 1200. The number of rotatable bonds is 5. The Morgan fingerprint density at radius 1 is 1.24 bits per heavy atom. The summed E-state index contributed by atoms with van der Waals surface area (Å²) in [7, 11) is 1.39. The van der Waals surface area contributed by atoms with Gasteiger partial charge >= 0.3 is 0 Å². The van der Waals surface area contributed by atoms with E-state index >= 15 is 8.78 Å². The molecule has 0 spiro atoms. The van der Waals surface area contributed by atoms with Gasteiger partial charge in [-0.3, -0.25) is 9.59 Å². The minimum absolute atomic E-state index is 0.0409. The SMILES string of the molecule is CCC(=O)N1CCOC(Cc2c(-c3c(F)cc(C(=O)NC)cc3F)nc3cc(C)ccn23)C1. The zero-order chi connectivity index (χ0) is 23.7. The van der Waals surface area contributed by atoms with Crippen LogP contribution in [0, 0.1) is 18.6 Å². The van der Waals surface area contributed by atoms with Crippen molar-refractivity contribution in [3.05, 3.63) is 58.9 Å². The number of benzene rings is 1. The summed E-state index contributed by atoms with van der Waals surface area (Å²) >= 11 is 0. The Kier molecular flexibility index (Phi) is 6.42. The summed E-state index contributed by atoms with van der Waals surface area (Å²) in [5, 5.41) is 2.37. The molecule has 0 saturated carbocycles. The monoisotopic (exact) mass is 456 g/mol. The fraction of sp³-hybridized carbons (Fsp3) is 0.375. The summed E-state index contributed by atoms with van der Waals surface area (Å²) in [6, 6.07) is 5.73. The Morgan fingerprint density at radius 2 is 1.97 bits per heavy atom. The second-order valence-corrected chi connectivity index (χ2v) is 8.12. The maximum absolute atomic E-state index is 15.1. The lowest BCUT2D eigenvalue weighted by molar-refractivity contribution is -0.138. The first-order valence-electron chi connectivity index (χ1n) is 10.9. The number of ether oxygens (including phenoxy) is 1. The number of amides is 2. The van der Waals surface area contributed by atoms with Crippen LogP contribution in [0.1, 0.15) is 35.0 Å². The van der Waals surface area contributed by atoms with Crippen molar-refractivity contribution in [3.8, 4) is 11.3 Å². The van der Waals surface area contributed by atoms with Crippen molar-refractivity contribution in [2.45, 2.75) is 32.8 Å². The number of halogens is 2. The molecule has 1 saturated heterocycles. The first-order chi connectivity index (χ1) is 15.8. The molecule has 3 heterocycles. The van der Waals surface area contributed by atoms with Gasteiger partial charge in [0, 0.05) is 44.7 Å². The van der Waals surface area contributed by atoms with Crippen LogP contribution in [-0.4, -0.2) is 58.9 Å². The van der Waals surface area contributed by atoms with Crippen molar-refractivity contribution in [1.82, 2.24) is 19.6 Å². The Morgan fingerprint density at radius 3 is 2.64 bits per heavy atom. The fourth-order valence-electron chi connectivity index (χ4n) is 4.18. The molecule has 7 nitrogen and oxygen atoms in total. The van der Waals surface area contributed by atoms with Gasteiger partial charge in [-0.1, -0.05) is 6.92 Å². The van der Waals surface area contributed by atoms with Crippen molar-refractivity contribution in [2.75, 3.05) is 26.7 Å². The highest BCUT2D eigenvalue weighted by atomic mass is 19.1. The zero-order valence-corrected chi connectivity index (χ0v) is 18.8. The molecule has 0 aliphatic carbocycles. The van der Waals surface area contributed by atoms with E-state index in [4.69, 9.17) is 4.74 Å². The van der Waals surface area contributed by atoms with Crippen molar-refractivity contribution in [1.29, 1.82) is 0 Å². The van der Waals surface area contributed by atoms with Crippen LogP contribution in [0.4, 0.5) is 8.78 Å². The molecule has 1 aromatic carbocycles. The van der Waals surface area contributed by atoms with E-state index in [-0.39, 0.29) is 28.8 Å². The van der Waals surface area contributed by atoms with Crippen molar-refractivity contribution >= 4 is 17.5 Å². The second kappa shape index (κ2) is 9.27. The molecule has 2 aromatic heterocycles. The highest BCUT2D eigenvalue weighted by Gasteiger charge is 2.28. The summed E-state index contributed by atoms with van der Waals surface area (Å²) in [6.45, 7) is 5.03. The lowest BCUT2D eigenvalue weighted by atomic mass is 10.0. The van der Waals surface area contributed by atoms with Gasteiger partial charge in [-0.05, 0) is 36.8 Å². The quantitative estimate of drug-likeness (QED) is 0.640. The third-order valence-electron chi connectivity index (χ3n) is 5.86. The Labute approximate surface area is 190 Å². The smallest absolute Gasteiger partial charge is 0.251 e. The van der Waals surface area contributed by atoms with Gasteiger partial charge in [0.25, 0.3) is 5.91 Å². The number of carbonyl (C=O) groups is 2. The van der Waals surface area contributed by atoms with Crippen molar-refractivity contribution in [3.63, 3.8) is 0 Å². The highest BCUT2D eigenvalue weighted by molar-refractivity contribution is 5.94. The van der Waals surface area contributed by atoms with Gasteiger partial charge in [-0.15, -0.1) is 0 Å². The maximum Gasteiger partial charge on any atom is 0.251 e. The van der Waals surface area contributed by atoms with E-state index < -0.39 is 17.5 Å². The van der Waals surface area contributed by atoms with E-state index in [2.05, 4.69) is 10.3 Å². The number of fused-ring (bicyclic) bond motifs is 1. The zero-order valence-electron chi connectivity index (χ0n) is 18.8. The summed E-state index contributed by atoms with van der Waals surface area (Å²) in [5.41, 5.74) is 1.83. The third kappa shape index (κ3) is 4.45. The van der Waals surface area contributed by atoms with E-state index in [9.17, 15) is 9.59 Å². The van der Waals surface area contributed by atoms with E-state index in [1.807, 2.05) is 32.2 Å². The van der Waals surface area contributed by atoms with Crippen LogP contribution in [0.3, 0.4) is 0 Å². The number of nitrogens with zero attached hydrogens (tertiary/aromatic N) is 3. The first kappa shape index (κ1) is 22.8. The predicted molar refractivity (Wildman–Crippen MR) is 119 cm³/mol. The van der Waals surface area contributed by atoms with Crippen LogP contribution in [0.5, 0.6) is 0 Å². The average molecular weight is 456 g/mol. The molecular weight excluding hydrogens is 430 g/mol. The number of pyridine rings is 1. The summed E-state index contributed by atoms with van der Waals surface area (Å²) in [5.74, 6) is -2.29. The lowest BCUT2D eigenvalue weighted by Gasteiger charge is -2.33. The molecular formula is C24H26F2N4O3. The number of morpholine rings is 1. The fourth-order valence-corrected chi connectivity index (χ4v) is 4.18. The van der Waals surface area contributed by atoms with Crippen LogP contribution in [-0.2, 0) is 16.0 Å². The Balaban J connectivity index is 1.79. The van der Waals surface area contributed by atoms with Crippen molar-refractivity contribution in [2.24, 2.45) is 0 Å². The largest absolute Gasteiger partial charge is 0.374 e. The number of aromatic nitrogens is 2. The molecule has 1 fully saturated rings. The third-order valence-corrected chi connectivity index (χ3v) is 5.86. The molecule has 3 aromatic rings. The van der Waals surface area contributed by atoms with Gasteiger partial charge in [-0.2, -0.15) is 0 Å². The average Bonchev–Trinajstić information content (AvgIpc) is 3.14. The molecule has 2 amide bonds. The van der Waals surface area contributed by atoms with Crippen molar-refractivity contribution < 1.29 is 23.1 Å². The van der Waals surface area contributed by atoms with E-state index in [1.165, 1.54) is 7.05 Å². The van der Waals surface area contributed by atoms with Crippen LogP contribution in [0.15, 0.2) is 30.5 Å². The highest BCUT2D eigenvalue weighted by Crippen LogP contribution is 2.32. The normalized spacial score (nSPS) is 16.3. The molecule has 1 aliphatic rings. The van der Waals surface area contributed by atoms with Crippen LogP contribution in [0.25, 0.3) is 16.9 Å². The standard InChI is InChI=1S/C24H26F2N4O3/c1-4-21(31)29-7-8-33-16(13-29)12-19-23(28-20-9-14(2)5-6-30(19)20)22-17(25)10-15(11-18(22)26)24(32)27-3/h5-6,9-11,16H,4,7-8,12-13H2,1-3H3,(H,27,32). The van der Waals surface area contributed by atoms with Gasteiger partial charge < -0.3 is 19.4 Å². The minimum Gasteiger partial charge on any atom is -0.374 e. The first-order valence-corrected chi connectivity index (χ1v) is 10.9.